The topological polar surface area (TPSA) is 88.2 Å². The number of carbonyl (C=O) groups excluding carboxylic acids is 3. The van der Waals surface area contributed by atoms with E-state index in [2.05, 4.69) is 31.1 Å². The number of hydrogen-bond acceptors (Lipinski definition) is 6. The average Bonchev–Trinajstić information content (AvgIpc) is 2.88. The van der Waals surface area contributed by atoms with Gasteiger partial charge in [-0.2, -0.15) is 0 Å². The Hall–Kier alpha value is -2.45. The summed E-state index contributed by atoms with van der Waals surface area (Å²) < 4.78 is 11.5. The molecule has 4 atom stereocenters. The van der Waals surface area contributed by atoms with E-state index in [4.69, 9.17) is 9.47 Å². The molecular formula is C29H47N3O5. The van der Waals surface area contributed by atoms with Crippen molar-refractivity contribution in [2.75, 3.05) is 52.3 Å². The summed E-state index contributed by atoms with van der Waals surface area (Å²) in [5.41, 5.74) is 0.307. The zero-order chi connectivity index (χ0) is 27.4. The van der Waals surface area contributed by atoms with Crippen LogP contribution in [0.2, 0.25) is 0 Å². The standard InChI is InChI=1S/C29H47N3O5/c1-7-29(36-6)19-22(2)21-31(5)15-11-12-16-32(28(35)30-25-13-9-8-10-14-25)17-18-37-27(34)24(4)26(33)23(3)20-29/h8-10,13-14,22-24H,7,11-12,15-21H2,1-6H3,(H,30,35)/t22-,23-,24-,29-/m1/s1. The molecule has 8 heteroatoms. The zero-order valence-electron chi connectivity index (χ0n) is 23.6. The summed E-state index contributed by atoms with van der Waals surface area (Å²) >= 11 is 0. The highest BCUT2D eigenvalue weighted by Gasteiger charge is 2.36. The Morgan fingerprint density at radius 1 is 1.08 bits per heavy atom. The second kappa shape index (κ2) is 15.1. The minimum atomic E-state index is -0.865. The fraction of sp³-hybridized carbons (Fsp3) is 0.690. The number of ketones is 1. The van der Waals surface area contributed by atoms with Crippen molar-refractivity contribution in [3.05, 3.63) is 30.3 Å². The number of para-hydroxylation sites is 1. The normalized spacial score (nSPS) is 28.2. The number of Topliss-reactive ketones (excluding diaryl/α,β-unsaturated/α-hetero) is 1. The molecule has 0 unspecified atom stereocenters. The minimum absolute atomic E-state index is 0.0431. The number of cyclic esters (lactones) is 1. The van der Waals surface area contributed by atoms with E-state index in [1.54, 1.807) is 18.9 Å². The first-order chi connectivity index (χ1) is 17.6. The van der Waals surface area contributed by atoms with Crippen molar-refractivity contribution < 1.29 is 23.9 Å². The summed E-state index contributed by atoms with van der Waals surface area (Å²) in [6, 6.07) is 9.06. The highest BCUT2D eigenvalue weighted by Crippen LogP contribution is 2.33. The summed E-state index contributed by atoms with van der Waals surface area (Å²) in [7, 11) is 3.85. The van der Waals surface area contributed by atoms with Crippen molar-refractivity contribution in [2.45, 2.75) is 65.4 Å². The lowest BCUT2D eigenvalue weighted by Crippen LogP contribution is -2.41. The molecule has 0 aliphatic carbocycles. The van der Waals surface area contributed by atoms with Crippen LogP contribution >= 0.6 is 0 Å². The molecule has 2 rings (SSSR count). The maximum atomic E-state index is 13.1. The molecular weight excluding hydrogens is 470 g/mol. The summed E-state index contributed by atoms with van der Waals surface area (Å²) in [5.74, 6) is -1.50. The van der Waals surface area contributed by atoms with E-state index in [1.807, 2.05) is 37.3 Å². The van der Waals surface area contributed by atoms with Gasteiger partial charge >= 0.3 is 12.0 Å². The first-order valence-corrected chi connectivity index (χ1v) is 13.7. The third kappa shape index (κ3) is 9.74. The minimum Gasteiger partial charge on any atom is -0.463 e. The van der Waals surface area contributed by atoms with E-state index in [0.717, 1.165) is 38.8 Å². The van der Waals surface area contributed by atoms with E-state index < -0.39 is 17.5 Å². The Morgan fingerprint density at radius 2 is 1.76 bits per heavy atom. The second-order valence-corrected chi connectivity index (χ2v) is 10.7. The van der Waals surface area contributed by atoms with E-state index in [1.165, 1.54) is 0 Å². The van der Waals surface area contributed by atoms with E-state index in [0.29, 0.717) is 24.6 Å². The molecule has 1 aliphatic rings. The largest absolute Gasteiger partial charge is 0.463 e. The van der Waals surface area contributed by atoms with Gasteiger partial charge in [-0.3, -0.25) is 9.59 Å². The Balaban J connectivity index is 2.15. The van der Waals surface area contributed by atoms with Gasteiger partial charge in [0.15, 0.2) is 0 Å². The number of amides is 2. The van der Waals surface area contributed by atoms with Crippen LogP contribution in [0, 0.1) is 17.8 Å². The number of rotatable bonds is 3. The van der Waals surface area contributed by atoms with Crippen molar-refractivity contribution >= 4 is 23.5 Å². The molecule has 1 heterocycles. The van der Waals surface area contributed by atoms with Crippen molar-refractivity contribution in [1.29, 1.82) is 0 Å². The van der Waals surface area contributed by atoms with Crippen LogP contribution in [0.4, 0.5) is 10.5 Å². The van der Waals surface area contributed by atoms with Gasteiger partial charge in [-0.1, -0.05) is 39.0 Å². The van der Waals surface area contributed by atoms with Crippen LogP contribution in [-0.4, -0.2) is 80.1 Å². The molecule has 208 valence electrons. The Kier molecular flexibility index (Phi) is 12.5. The summed E-state index contributed by atoms with van der Waals surface area (Å²) in [6.45, 7) is 10.5. The highest BCUT2D eigenvalue weighted by molar-refractivity contribution is 5.99. The number of benzene rings is 1. The third-order valence-corrected chi connectivity index (χ3v) is 7.50. The van der Waals surface area contributed by atoms with Gasteiger partial charge in [-0.05, 0) is 70.7 Å². The van der Waals surface area contributed by atoms with Gasteiger partial charge in [0, 0.05) is 31.8 Å². The van der Waals surface area contributed by atoms with Gasteiger partial charge < -0.3 is 24.6 Å². The fourth-order valence-electron chi connectivity index (χ4n) is 5.31. The van der Waals surface area contributed by atoms with E-state index in [-0.39, 0.29) is 30.9 Å². The molecule has 8 nitrogen and oxygen atoms in total. The van der Waals surface area contributed by atoms with Crippen LogP contribution in [0.1, 0.15) is 59.8 Å². The number of ether oxygens (including phenoxy) is 2. The number of carbonyl (C=O) groups is 3. The summed E-state index contributed by atoms with van der Waals surface area (Å²) in [4.78, 5) is 42.8. The monoisotopic (exact) mass is 517 g/mol. The van der Waals surface area contributed by atoms with Gasteiger partial charge in [0.05, 0.1) is 12.1 Å². The molecule has 37 heavy (non-hydrogen) atoms. The van der Waals surface area contributed by atoms with Gasteiger partial charge in [0.2, 0.25) is 0 Å². The molecule has 2 amide bonds. The zero-order valence-corrected chi connectivity index (χ0v) is 23.6. The maximum Gasteiger partial charge on any atom is 0.321 e. The second-order valence-electron chi connectivity index (χ2n) is 10.7. The lowest BCUT2D eigenvalue weighted by Gasteiger charge is -2.37. The molecule has 1 aromatic carbocycles. The molecule has 0 radical (unpaired) electrons. The number of hydrogen-bond donors (Lipinski definition) is 1. The molecule has 0 aromatic heterocycles. The number of nitrogens with one attached hydrogen (secondary N) is 1. The van der Waals surface area contributed by atoms with Crippen LogP contribution in [0.3, 0.4) is 0 Å². The number of esters is 1. The van der Waals surface area contributed by atoms with Crippen molar-refractivity contribution in [3.63, 3.8) is 0 Å². The summed E-state index contributed by atoms with van der Waals surface area (Å²) in [5, 5.41) is 2.92. The number of urea groups is 1. The SMILES string of the molecule is CC[C@@]1(OC)C[C@@H](C)CN(C)CCCCN(C(=O)Nc2ccccc2)CCOC(=O)[C@H](C)C(=O)[C@H](C)C1. The van der Waals surface area contributed by atoms with Crippen LogP contribution in [0.5, 0.6) is 0 Å². The van der Waals surface area contributed by atoms with Crippen LogP contribution < -0.4 is 5.32 Å². The first-order valence-electron chi connectivity index (χ1n) is 13.7. The molecule has 0 bridgehead atoms. The third-order valence-electron chi connectivity index (χ3n) is 7.50. The van der Waals surface area contributed by atoms with Gasteiger partial charge in [0.25, 0.3) is 0 Å². The molecule has 0 saturated carbocycles. The number of methoxy groups -OCH3 is 1. The molecule has 1 fully saturated rings. The molecule has 0 spiro atoms. The number of anilines is 1. The van der Waals surface area contributed by atoms with Crippen LogP contribution in [0.25, 0.3) is 0 Å². The van der Waals surface area contributed by atoms with E-state index in [9.17, 15) is 14.4 Å². The smallest absolute Gasteiger partial charge is 0.321 e. The lowest BCUT2D eigenvalue weighted by atomic mass is 9.79. The molecule has 1 N–H and O–H groups in total. The van der Waals surface area contributed by atoms with Gasteiger partial charge in [0.1, 0.15) is 18.3 Å². The Morgan fingerprint density at radius 3 is 2.41 bits per heavy atom. The molecule has 1 aliphatic heterocycles. The predicted molar refractivity (Wildman–Crippen MR) is 146 cm³/mol. The number of nitrogens with zero attached hydrogens (tertiary/aromatic N) is 2. The first kappa shape index (κ1) is 30.8. The van der Waals surface area contributed by atoms with Crippen molar-refractivity contribution in [2.24, 2.45) is 17.8 Å². The summed E-state index contributed by atoms with van der Waals surface area (Å²) in [6.07, 6.45) is 3.99. The van der Waals surface area contributed by atoms with Crippen molar-refractivity contribution in [3.8, 4) is 0 Å². The maximum absolute atomic E-state index is 13.1. The van der Waals surface area contributed by atoms with Crippen molar-refractivity contribution in [1.82, 2.24) is 9.80 Å². The average molecular weight is 518 g/mol. The predicted octanol–water partition coefficient (Wildman–Crippen LogP) is 4.84. The van der Waals surface area contributed by atoms with E-state index >= 15 is 0 Å². The van der Waals surface area contributed by atoms with Gasteiger partial charge in [-0.25, -0.2) is 4.79 Å². The Bertz CT molecular complexity index is 858. The Labute approximate surface area is 223 Å². The molecule has 1 saturated heterocycles. The lowest BCUT2D eigenvalue weighted by molar-refractivity contribution is -0.153. The van der Waals surface area contributed by atoms with Crippen LogP contribution in [0.15, 0.2) is 30.3 Å². The van der Waals surface area contributed by atoms with Gasteiger partial charge in [-0.15, -0.1) is 0 Å². The van der Waals surface area contributed by atoms with Crippen LogP contribution in [-0.2, 0) is 19.1 Å². The fourth-order valence-corrected chi connectivity index (χ4v) is 5.31. The molecule has 1 aromatic rings. The highest BCUT2D eigenvalue weighted by atomic mass is 16.5. The quantitative estimate of drug-likeness (QED) is 0.456.